The topological polar surface area (TPSA) is 55.8 Å². The summed E-state index contributed by atoms with van der Waals surface area (Å²) >= 11 is 0. The van der Waals surface area contributed by atoms with Crippen LogP contribution in [0.1, 0.15) is 0 Å². The van der Waals surface area contributed by atoms with Crippen molar-refractivity contribution in [1.82, 2.24) is 0 Å². The third kappa shape index (κ3) is 6.81. The number of hydrogen-bond donors (Lipinski definition) is 1. The fourth-order valence-electron chi connectivity index (χ4n) is 0.214. The third-order valence-electron chi connectivity index (χ3n) is 0.495. The van der Waals surface area contributed by atoms with E-state index < -0.39 is 5.97 Å². The highest BCUT2D eigenvalue weighted by Crippen LogP contribution is 1.76. The number of carboxylic acids is 1. The predicted octanol–water partition coefficient (Wildman–Crippen LogP) is 0.205. The maximum Gasteiger partial charge on any atom is 0.341 e. The van der Waals surface area contributed by atoms with Gasteiger partial charge in [-0.3, -0.25) is 0 Å². The second-order valence-corrected chi connectivity index (χ2v) is 1.21. The average molecular weight is 132 g/mol. The molecule has 0 fully saturated rings. The standard InChI is InChI=1S/C5H8O4/c1-8-2-3-9-4-5(6)7/h2-3H,4H2,1H3,(H,6,7)/b3-2+. The molecule has 0 spiro atoms. The normalized spacial score (nSPS) is 9.44. The lowest BCUT2D eigenvalue weighted by molar-refractivity contribution is -0.140. The SMILES string of the molecule is CO/C=C/OCC(=O)O. The van der Waals surface area contributed by atoms with Crippen molar-refractivity contribution in [2.45, 2.75) is 0 Å². The van der Waals surface area contributed by atoms with Gasteiger partial charge in [0, 0.05) is 0 Å². The Kier molecular flexibility index (Phi) is 4.30. The Morgan fingerprint density at radius 1 is 1.67 bits per heavy atom. The molecule has 0 aliphatic heterocycles. The number of carbonyl (C=O) groups is 1. The molecule has 0 saturated heterocycles. The lowest BCUT2D eigenvalue weighted by Gasteiger charge is -1.92. The summed E-state index contributed by atoms with van der Waals surface area (Å²) in [4.78, 5) is 9.76. The third-order valence-corrected chi connectivity index (χ3v) is 0.495. The largest absolute Gasteiger partial charge is 0.501 e. The molecular formula is C5H8O4. The van der Waals surface area contributed by atoms with Crippen LogP contribution in [-0.4, -0.2) is 24.8 Å². The summed E-state index contributed by atoms with van der Waals surface area (Å²) in [5.74, 6) is -1.00. The average Bonchev–Trinajstić information content (AvgIpc) is 1.80. The first-order chi connectivity index (χ1) is 4.27. The zero-order valence-corrected chi connectivity index (χ0v) is 5.03. The van der Waals surface area contributed by atoms with Crippen LogP contribution in [0.15, 0.2) is 12.5 Å². The van der Waals surface area contributed by atoms with Crippen LogP contribution in [0.4, 0.5) is 0 Å². The van der Waals surface area contributed by atoms with Crippen LogP contribution in [0.2, 0.25) is 0 Å². The van der Waals surface area contributed by atoms with E-state index >= 15 is 0 Å². The highest BCUT2D eigenvalue weighted by molar-refractivity contribution is 5.68. The summed E-state index contributed by atoms with van der Waals surface area (Å²) in [5, 5.41) is 8.01. The van der Waals surface area contributed by atoms with Gasteiger partial charge in [0.05, 0.1) is 7.11 Å². The van der Waals surface area contributed by atoms with Crippen molar-refractivity contribution in [3.05, 3.63) is 12.5 Å². The van der Waals surface area contributed by atoms with Crippen LogP contribution < -0.4 is 0 Å². The molecule has 0 aliphatic rings. The van der Waals surface area contributed by atoms with E-state index in [4.69, 9.17) is 5.11 Å². The van der Waals surface area contributed by atoms with Gasteiger partial charge in [-0.25, -0.2) is 4.79 Å². The Bertz CT molecular complexity index is 108. The number of carboxylic acid groups (broad SMARTS) is 1. The molecule has 0 saturated carbocycles. The first-order valence-corrected chi connectivity index (χ1v) is 2.28. The molecule has 4 heteroatoms. The molecule has 0 heterocycles. The zero-order chi connectivity index (χ0) is 7.11. The molecule has 0 bridgehead atoms. The molecule has 0 aromatic rings. The van der Waals surface area contributed by atoms with Crippen LogP contribution in [0, 0.1) is 0 Å². The minimum Gasteiger partial charge on any atom is -0.501 e. The van der Waals surface area contributed by atoms with Gasteiger partial charge in [-0.2, -0.15) is 0 Å². The second-order valence-electron chi connectivity index (χ2n) is 1.21. The van der Waals surface area contributed by atoms with E-state index in [1.54, 1.807) is 0 Å². The smallest absolute Gasteiger partial charge is 0.341 e. The van der Waals surface area contributed by atoms with Crippen LogP contribution in [-0.2, 0) is 14.3 Å². The first-order valence-electron chi connectivity index (χ1n) is 2.28. The number of hydrogen-bond acceptors (Lipinski definition) is 3. The summed E-state index contributed by atoms with van der Waals surface area (Å²) < 4.78 is 8.86. The molecule has 0 unspecified atom stereocenters. The van der Waals surface area contributed by atoms with E-state index in [9.17, 15) is 4.79 Å². The Labute approximate surface area is 52.7 Å². The van der Waals surface area contributed by atoms with Crippen LogP contribution in [0.25, 0.3) is 0 Å². The molecule has 0 amide bonds. The van der Waals surface area contributed by atoms with Crippen molar-refractivity contribution in [3.8, 4) is 0 Å². The van der Waals surface area contributed by atoms with Crippen molar-refractivity contribution < 1.29 is 19.4 Å². The maximum atomic E-state index is 9.76. The minimum atomic E-state index is -1.00. The van der Waals surface area contributed by atoms with E-state index in [2.05, 4.69) is 9.47 Å². The molecule has 4 nitrogen and oxygen atoms in total. The van der Waals surface area contributed by atoms with E-state index in [-0.39, 0.29) is 6.61 Å². The van der Waals surface area contributed by atoms with E-state index in [0.29, 0.717) is 0 Å². The summed E-state index contributed by atoms with van der Waals surface area (Å²) in [6.07, 6.45) is 2.43. The number of aliphatic carboxylic acids is 1. The fraction of sp³-hybridized carbons (Fsp3) is 0.400. The lowest BCUT2D eigenvalue weighted by atomic mass is 10.7. The fourth-order valence-corrected chi connectivity index (χ4v) is 0.214. The molecule has 9 heavy (non-hydrogen) atoms. The van der Waals surface area contributed by atoms with Gasteiger partial charge in [-0.05, 0) is 0 Å². The van der Waals surface area contributed by atoms with Crippen molar-refractivity contribution in [3.63, 3.8) is 0 Å². The minimum absolute atomic E-state index is 0.333. The quantitative estimate of drug-likeness (QED) is 0.555. The molecule has 0 rings (SSSR count). The Balaban J connectivity index is 3.09. The monoisotopic (exact) mass is 132 g/mol. The van der Waals surface area contributed by atoms with Crippen LogP contribution in [0.5, 0.6) is 0 Å². The van der Waals surface area contributed by atoms with Gasteiger partial charge in [0.2, 0.25) is 0 Å². The van der Waals surface area contributed by atoms with E-state index in [1.807, 2.05) is 0 Å². The van der Waals surface area contributed by atoms with Gasteiger partial charge in [0.25, 0.3) is 0 Å². The van der Waals surface area contributed by atoms with Crippen LogP contribution in [0.3, 0.4) is 0 Å². The highest BCUT2D eigenvalue weighted by Gasteiger charge is 1.90. The second kappa shape index (κ2) is 4.96. The lowest BCUT2D eigenvalue weighted by Crippen LogP contribution is -2.02. The summed E-state index contributed by atoms with van der Waals surface area (Å²) in [7, 11) is 1.45. The van der Waals surface area contributed by atoms with Crippen molar-refractivity contribution >= 4 is 5.97 Å². The van der Waals surface area contributed by atoms with Gasteiger partial charge in [0.1, 0.15) is 12.5 Å². The zero-order valence-electron chi connectivity index (χ0n) is 5.03. The van der Waals surface area contributed by atoms with Gasteiger partial charge in [0.15, 0.2) is 6.61 Å². The number of rotatable bonds is 4. The molecule has 0 aromatic carbocycles. The molecule has 0 aliphatic carbocycles. The number of ether oxygens (including phenoxy) is 2. The van der Waals surface area contributed by atoms with Gasteiger partial charge < -0.3 is 14.6 Å². The Morgan fingerprint density at radius 3 is 2.78 bits per heavy atom. The van der Waals surface area contributed by atoms with Crippen molar-refractivity contribution in [2.24, 2.45) is 0 Å². The van der Waals surface area contributed by atoms with Crippen molar-refractivity contribution in [2.75, 3.05) is 13.7 Å². The van der Waals surface area contributed by atoms with Crippen LogP contribution >= 0.6 is 0 Å². The maximum absolute atomic E-state index is 9.76. The van der Waals surface area contributed by atoms with Crippen molar-refractivity contribution in [1.29, 1.82) is 0 Å². The molecular weight excluding hydrogens is 124 g/mol. The van der Waals surface area contributed by atoms with Gasteiger partial charge in [-0.15, -0.1) is 0 Å². The highest BCUT2D eigenvalue weighted by atomic mass is 16.5. The Morgan fingerprint density at radius 2 is 2.33 bits per heavy atom. The molecule has 0 radical (unpaired) electrons. The molecule has 52 valence electrons. The summed E-state index contributed by atoms with van der Waals surface area (Å²) in [6, 6.07) is 0. The first kappa shape index (κ1) is 7.81. The van der Waals surface area contributed by atoms with Gasteiger partial charge >= 0.3 is 5.97 Å². The summed E-state index contributed by atoms with van der Waals surface area (Å²) in [6.45, 7) is -0.333. The molecule has 0 aromatic heterocycles. The Hall–Kier alpha value is -1.19. The van der Waals surface area contributed by atoms with Gasteiger partial charge in [-0.1, -0.05) is 0 Å². The van der Waals surface area contributed by atoms with E-state index in [0.717, 1.165) is 0 Å². The summed E-state index contributed by atoms with van der Waals surface area (Å²) in [5.41, 5.74) is 0. The molecule has 0 atom stereocenters. The van der Waals surface area contributed by atoms with E-state index in [1.165, 1.54) is 19.6 Å². The molecule has 1 N–H and O–H groups in total. The number of methoxy groups -OCH3 is 1. The predicted molar refractivity (Wildman–Crippen MR) is 29.7 cm³/mol.